The molecule has 0 unspecified atom stereocenters. The van der Waals surface area contributed by atoms with Crippen molar-refractivity contribution in [2.75, 3.05) is 13.2 Å². The van der Waals surface area contributed by atoms with Crippen LogP contribution in [-0.4, -0.2) is 55.0 Å². The van der Waals surface area contributed by atoms with Crippen molar-refractivity contribution >= 4 is 5.91 Å². The number of hydrogen-bond donors (Lipinski definition) is 0. The van der Waals surface area contributed by atoms with E-state index in [2.05, 4.69) is 27.1 Å². The zero-order chi connectivity index (χ0) is 20.2. The molecule has 0 bridgehead atoms. The van der Waals surface area contributed by atoms with Crippen LogP contribution in [0.4, 0.5) is 0 Å². The highest BCUT2D eigenvalue weighted by atomic mass is 16.5. The molecule has 0 N–H and O–H groups in total. The topological polar surface area (TPSA) is 86.0 Å². The van der Waals surface area contributed by atoms with E-state index < -0.39 is 0 Å². The molecule has 1 amide bonds. The van der Waals surface area contributed by atoms with Crippen molar-refractivity contribution in [3.05, 3.63) is 60.2 Å². The van der Waals surface area contributed by atoms with Crippen LogP contribution in [0.2, 0.25) is 0 Å². The first-order valence-electron chi connectivity index (χ1n) is 9.80. The molecule has 4 rings (SSSR count). The lowest BCUT2D eigenvalue weighted by molar-refractivity contribution is 0.0499. The van der Waals surface area contributed by atoms with E-state index in [1.807, 2.05) is 30.0 Å². The molecule has 1 fully saturated rings. The molecule has 1 aromatic carbocycles. The highest BCUT2D eigenvalue weighted by Crippen LogP contribution is 2.26. The van der Waals surface area contributed by atoms with Gasteiger partial charge in [-0.2, -0.15) is 15.0 Å². The van der Waals surface area contributed by atoms with Gasteiger partial charge in [0.1, 0.15) is 0 Å². The number of amides is 1. The summed E-state index contributed by atoms with van der Waals surface area (Å²) in [6, 6.07) is 8.05. The van der Waals surface area contributed by atoms with Gasteiger partial charge in [-0.15, -0.1) is 0 Å². The minimum absolute atomic E-state index is 0.00541. The van der Waals surface area contributed by atoms with E-state index in [9.17, 15) is 4.79 Å². The minimum atomic E-state index is -0.00541. The molecule has 29 heavy (non-hydrogen) atoms. The molecule has 3 aromatic rings. The third-order valence-corrected chi connectivity index (χ3v) is 5.25. The van der Waals surface area contributed by atoms with Gasteiger partial charge < -0.3 is 9.64 Å². The Morgan fingerprint density at radius 3 is 2.66 bits per heavy atom. The van der Waals surface area contributed by atoms with Crippen LogP contribution in [0.5, 0.6) is 6.01 Å². The number of likely N-dealkylation sites (tertiary alicyclic amines) is 1. The van der Waals surface area contributed by atoms with Crippen LogP contribution in [0, 0.1) is 12.8 Å². The van der Waals surface area contributed by atoms with Gasteiger partial charge in [-0.3, -0.25) is 4.79 Å². The number of hydrogen-bond acceptors (Lipinski definition) is 6. The standard InChI is InChI=1S/C21H24N6O2/c1-15-4-7-19(27-24-10-11-25-27)18(12-15)20(28)26-13-17(6-5-16(26)2)14-29-21-22-8-3-9-23-21/h3-4,7-12,16-17H,5-6,13-14H2,1-2H3/t16-,17-/m1/s1. The third-order valence-electron chi connectivity index (χ3n) is 5.25. The fourth-order valence-corrected chi connectivity index (χ4v) is 3.64. The quantitative estimate of drug-likeness (QED) is 0.664. The number of ether oxygens (including phenoxy) is 1. The van der Waals surface area contributed by atoms with Gasteiger partial charge in [-0.25, -0.2) is 9.97 Å². The maximum atomic E-state index is 13.5. The van der Waals surface area contributed by atoms with Gasteiger partial charge in [-0.05, 0) is 44.9 Å². The predicted octanol–water partition coefficient (Wildman–Crippen LogP) is 2.69. The molecule has 150 valence electrons. The van der Waals surface area contributed by atoms with Crippen LogP contribution in [0.1, 0.15) is 35.7 Å². The van der Waals surface area contributed by atoms with E-state index in [1.54, 1.807) is 30.9 Å². The number of rotatable bonds is 5. The SMILES string of the molecule is Cc1ccc(-n2nccn2)c(C(=O)N2C[C@H](COc3ncccn3)CC[C@H]2C)c1. The van der Waals surface area contributed by atoms with Crippen LogP contribution in [0.15, 0.2) is 49.1 Å². The Hall–Kier alpha value is -3.29. The lowest BCUT2D eigenvalue weighted by atomic mass is 9.93. The average Bonchev–Trinajstić information content (AvgIpc) is 3.28. The summed E-state index contributed by atoms with van der Waals surface area (Å²) < 4.78 is 5.73. The van der Waals surface area contributed by atoms with Gasteiger partial charge in [0.25, 0.3) is 5.91 Å². The van der Waals surface area contributed by atoms with Crippen LogP contribution in [-0.2, 0) is 0 Å². The molecule has 1 saturated heterocycles. The predicted molar refractivity (Wildman–Crippen MR) is 107 cm³/mol. The van der Waals surface area contributed by atoms with Gasteiger partial charge in [0, 0.05) is 30.9 Å². The van der Waals surface area contributed by atoms with E-state index in [-0.39, 0.29) is 17.9 Å². The van der Waals surface area contributed by atoms with Crippen molar-refractivity contribution in [3.8, 4) is 11.7 Å². The van der Waals surface area contributed by atoms with Crippen LogP contribution >= 0.6 is 0 Å². The Bertz CT molecular complexity index is 961. The Morgan fingerprint density at radius 2 is 1.90 bits per heavy atom. The lowest BCUT2D eigenvalue weighted by Crippen LogP contribution is -2.47. The molecule has 1 aliphatic rings. The second-order valence-electron chi connectivity index (χ2n) is 7.43. The summed E-state index contributed by atoms with van der Waals surface area (Å²) in [4.78, 5) is 25.1. The number of nitrogens with zero attached hydrogens (tertiary/aromatic N) is 6. The molecule has 0 spiro atoms. The smallest absolute Gasteiger partial charge is 0.316 e. The van der Waals surface area contributed by atoms with E-state index in [4.69, 9.17) is 4.74 Å². The molecule has 3 heterocycles. The second kappa shape index (κ2) is 8.38. The lowest BCUT2D eigenvalue weighted by Gasteiger charge is -2.38. The molecule has 0 saturated carbocycles. The van der Waals surface area contributed by atoms with Gasteiger partial charge in [0.15, 0.2) is 0 Å². The zero-order valence-electron chi connectivity index (χ0n) is 16.6. The molecular weight excluding hydrogens is 368 g/mol. The molecule has 8 nitrogen and oxygen atoms in total. The van der Waals surface area contributed by atoms with E-state index >= 15 is 0 Å². The van der Waals surface area contributed by atoms with Gasteiger partial charge in [-0.1, -0.05) is 11.6 Å². The third kappa shape index (κ3) is 4.26. The van der Waals surface area contributed by atoms with Crippen LogP contribution < -0.4 is 4.74 Å². The molecule has 8 heteroatoms. The summed E-state index contributed by atoms with van der Waals surface area (Å²) in [5, 5.41) is 8.40. The van der Waals surface area contributed by atoms with Crippen LogP contribution in [0.25, 0.3) is 5.69 Å². The minimum Gasteiger partial charge on any atom is -0.463 e. The van der Waals surface area contributed by atoms with Crippen LogP contribution in [0.3, 0.4) is 0 Å². The summed E-state index contributed by atoms with van der Waals surface area (Å²) in [7, 11) is 0. The highest BCUT2D eigenvalue weighted by molar-refractivity contribution is 5.98. The van der Waals surface area contributed by atoms with Gasteiger partial charge in [0.05, 0.1) is 30.3 Å². The summed E-state index contributed by atoms with van der Waals surface area (Å²) in [6.45, 7) is 5.19. The average molecular weight is 392 g/mol. The van der Waals surface area contributed by atoms with Crippen molar-refractivity contribution in [2.24, 2.45) is 5.92 Å². The van der Waals surface area contributed by atoms with Gasteiger partial charge in [0.2, 0.25) is 0 Å². The first-order valence-corrected chi connectivity index (χ1v) is 9.80. The largest absolute Gasteiger partial charge is 0.463 e. The molecule has 0 aliphatic carbocycles. The van der Waals surface area contributed by atoms with Crippen molar-refractivity contribution in [3.63, 3.8) is 0 Å². The number of carbonyl (C=O) groups excluding carboxylic acids is 1. The first-order chi connectivity index (χ1) is 14.1. The molecule has 2 atom stereocenters. The van der Waals surface area contributed by atoms with E-state index in [0.29, 0.717) is 30.4 Å². The Morgan fingerprint density at radius 1 is 1.14 bits per heavy atom. The fourth-order valence-electron chi connectivity index (χ4n) is 3.64. The summed E-state index contributed by atoms with van der Waals surface area (Å²) in [6.07, 6.45) is 8.45. The first kappa shape index (κ1) is 19.0. The van der Waals surface area contributed by atoms with Crippen molar-refractivity contribution in [1.29, 1.82) is 0 Å². The fraction of sp³-hybridized carbons (Fsp3) is 0.381. The zero-order valence-corrected chi connectivity index (χ0v) is 16.6. The maximum Gasteiger partial charge on any atom is 0.316 e. The van der Waals surface area contributed by atoms with Crippen molar-refractivity contribution < 1.29 is 9.53 Å². The Labute approximate surface area is 169 Å². The number of aromatic nitrogens is 5. The molecule has 1 aliphatic heterocycles. The van der Waals surface area contributed by atoms with Crippen molar-refractivity contribution in [2.45, 2.75) is 32.7 Å². The molecule has 2 aromatic heterocycles. The maximum absolute atomic E-state index is 13.5. The summed E-state index contributed by atoms with van der Waals surface area (Å²) in [5.74, 6) is 0.226. The second-order valence-corrected chi connectivity index (χ2v) is 7.43. The van der Waals surface area contributed by atoms with Crippen molar-refractivity contribution in [1.82, 2.24) is 29.9 Å². The Kier molecular flexibility index (Phi) is 5.50. The Balaban J connectivity index is 1.52. The van der Waals surface area contributed by atoms with E-state index in [0.717, 1.165) is 18.4 Å². The monoisotopic (exact) mass is 392 g/mol. The number of piperidine rings is 1. The summed E-state index contributed by atoms with van der Waals surface area (Å²) in [5.41, 5.74) is 2.32. The number of carbonyl (C=O) groups is 1. The molecule has 0 radical (unpaired) electrons. The molecular formula is C21H24N6O2. The number of benzene rings is 1. The number of aryl methyl sites for hydroxylation is 1. The highest BCUT2D eigenvalue weighted by Gasteiger charge is 2.31. The summed E-state index contributed by atoms with van der Waals surface area (Å²) >= 11 is 0. The van der Waals surface area contributed by atoms with E-state index in [1.165, 1.54) is 4.80 Å². The normalized spacial score (nSPS) is 19.2. The van der Waals surface area contributed by atoms with Gasteiger partial charge >= 0.3 is 6.01 Å².